The molecule has 86 valence electrons. The molecule has 0 spiro atoms. The van der Waals surface area contributed by atoms with Crippen molar-refractivity contribution in [2.24, 2.45) is 0 Å². The first-order chi connectivity index (χ1) is 8.00. The van der Waals surface area contributed by atoms with Gasteiger partial charge < -0.3 is 19.8 Å². The number of carboxylic acids is 2. The van der Waals surface area contributed by atoms with E-state index in [-0.39, 0.29) is 75.6 Å². The van der Waals surface area contributed by atoms with E-state index >= 15 is 0 Å². The van der Waals surface area contributed by atoms with Crippen LogP contribution in [0, 0.1) is 6.92 Å². The second-order valence-corrected chi connectivity index (χ2v) is 3.79. The first-order valence-corrected chi connectivity index (χ1v) is 4.97. The third-order valence-electron chi connectivity index (χ3n) is 2.56. The molecule has 0 radical (unpaired) electrons. The number of carboxylic acid groups (broad SMARTS) is 2. The van der Waals surface area contributed by atoms with Crippen molar-refractivity contribution in [3.63, 3.8) is 0 Å². The van der Waals surface area contributed by atoms with Crippen molar-refractivity contribution in [3.05, 3.63) is 47.0 Å². The van der Waals surface area contributed by atoms with Gasteiger partial charge in [-0.1, -0.05) is 24.3 Å². The van der Waals surface area contributed by atoms with Crippen LogP contribution in [0.1, 0.15) is 26.3 Å². The monoisotopic (exact) mass is 274 g/mol. The molecule has 0 atom stereocenters. The normalized spacial score (nSPS) is 9.32. The SMILES string of the molecule is Cc1cc(C(=O)[O-])c2c(C(=O)[O-])cccc2c1.[Na+].[Na+]. The quantitative estimate of drug-likeness (QED) is 0.510. The number of benzene rings is 2. The Kier molecular flexibility index (Phi) is 7.29. The van der Waals surface area contributed by atoms with Crippen LogP contribution in [-0.4, -0.2) is 11.9 Å². The average molecular weight is 274 g/mol. The van der Waals surface area contributed by atoms with Gasteiger partial charge in [-0.15, -0.1) is 0 Å². The minimum atomic E-state index is -1.40. The van der Waals surface area contributed by atoms with Crippen molar-refractivity contribution in [2.75, 3.05) is 0 Å². The van der Waals surface area contributed by atoms with Gasteiger partial charge >= 0.3 is 59.1 Å². The van der Waals surface area contributed by atoms with Crippen LogP contribution in [0.5, 0.6) is 0 Å². The van der Waals surface area contributed by atoms with Crippen molar-refractivity contribution in [1.82, 2.24) is 0 Å². The van der Waals surface area contributed by atoms with Crippen LogP contribution in [0.4, 0.5) is 0 Å². The molecule has 2 rings (SSSR count). The zero-order chi connectivity index (χ0) is 12.6. The molecule has 0 aliphatic heterocycles. The predicted octanol–water partition coefficient (Wildman–Crippen LogP) is -6.12. The van der Waals surface area contributed by atoms with E-state index in [2.05, 4.69) is 0 Å². The molecule has 0 saturated carbocycles. The van der Waals surface area contributed by atoms with Crippen LogP contribution < -0.4 is 69.3 Å². The standard InChI is InChI=1S/C13H10O4.2Na/c1-7-5-8-3-2-4-9(12(14)15)11(8)10(6-7)13(16)17;;/h2-6H,1H3,(H,14,15)(H,16,17);;/q;2*+1/p-2. The summed E-state index contributed by atoms with van der Waals surface area (Å²) in [5, 5.41) is 22.7. The van der Waals surface area contributed by atoms with E-state index in [0.717, 1.165) is 5.56 Å². The molecule has 2 aromatic carbocycles. The fourth-order valence-corrected chi connectivity index (χ4v) is 1.91. The fourth-order valence-electron chi connectivity index (χ4n) is 1.91. The summed E-state index contributed by atoms with van der Waals surface area (Å²) in [6.07, 6.45) is 0. The van der Waals surface area contributed by atoms with Gasteiger partial charge in [-0.25, -0.2) is 0 Å². The summed E-state index contributed by atoms with van der Waals surface area (Å²) in [6.45, 7) is 1.73. The van der Waals surface area contributed by atoms with E-state index < -0.39 is 11.9 Å². The van der Waals surface area contributed by atoms with Gasteiger partial charge in [-0.3, -0.25) is 0 Å². The van der Waals surface area contributed by atoms with Gasteiger partial charge in [0, 0.05) is 11.1 Å². The van der Waals surface area contributed by atoms with E-state index in [1.165, 1.54) is 12.1 Å². The van der Waals surface area contributed by atoms with Crippen molar-refractivity contribution in [1.29, 1.82) is 0 Å². The third kappa shape index (κ3) is 3.81. The van der Waals surface area contributed by atoms with Gasteiger partial charge in [0.1, 0.15) is 0 Å². The summed E-state index contributed by atoms with van der Waals surface area (Å²) in [4.78, 5) is 22.0. The maximum absolute atomic E-state index is 11.0. The molecule has 4 nitrogen and oxygen atoms in total. The smallest absolute Gasteiger partial charge is 0.545 e. The molecule has 6 heteroatoms. The van der Waals surface area contributed by atoms with Gasteiger partial charge in [-0.05, 0) is 29.3 Å². The first kappa shape index (κ1) is 18.6. The Morgan fingerprint density at radius 3 is 2.05 bits per heavy atom. The van der Waals surface area contributed by atoms with Gasteiger partial charge in [0.05, 0.1) is 11.9 Å². The van der Waals surface area contributed by atoms with Crippen LogP contribution in [0.2, 0.25) is 0 Å². The third-order valence-corrected chi connectivity index (χ3v) is 2.56. The average Bonchev–Trinajstić information content (AvgIpc) is 2.26. The number of hydrogen-bond acceptors (Lipinski definition) is 4. The molecule has 0 bridgehead atoms. The van der Waals surface area contributed by atoms with Crippen LogP contribution >= 0.6 is 0 Å². The molecule has 0 saturated heterocycles. The Labute approximate surface area is 154 Å². The molecule has 0 unspecified atom stereocenters. The van der Waals surface area contributed by atoms with Crippen LogP contribution in [0.15, 0.2) is 30.3 Å². The first-order valence-electron chi connectivity index (χ1n) is 4.97. The number of rotatable bonds is 2. The number of aromatic carboxylic acids is 2. The summed E-state index contributed by atoms with van der Waals surface area (Å²) in [5.41, 5.74) is 0.466. The molecule has 0 fully saturated rings. The predicted molar refractivity (Wildman–Crippen MR) is 57.3 cm³/mol. The largest absolute Gasteiger partial charge is 1.00 e. The molecule has 2 aromatic rings. The van der Waals surface area contributed by atoms with Crippen molar-refractivity contribution in [3.8, 4) is 0 Å². The van der Waals surface area contributed by atoms with Crippen molar-refractivity contribution in [2.45, 2.75) is 6.92 Å². The van der Waals surface area contributed by atoms with Crippen LogP contribution in [-0.2, 0) is 0 Å². The van der Waals surface area contributed by atoms with Crippen LogP contribution in [0.25, 0.3) is 10.8 Å². The number of hydrogen-bond donors (Lipinski definition) is 0. The Balaban J connectivity index is 0.00000162. The second kappa shape index (κ2) is 7.43. The summed E-state index contributed by atoms with van der Waals surface area (Å²) in [7, 11) is 0. The van der Waals surface area contributed by atoms with Crippen LogP contribution in [0.3, 0.4) is 0 Å². The van der Waals surface area contributed by atoms with Gasteiger partial charge in [0.15, 0.2) is 0 Å². The molecule has 0 amide bonds. The van der Waals surface area contributed by atoms with E-state index in [4.69, 9.17) is 0 Å². The maximum Gasteiger partial charge on any atom is 1.00 e. The Morgan fingerprint density at radius 2 is 1.53 bits per heavy atom. The Bertz CT molecular complexity index is 638. The Morgan fingerprint density at radius 1 is 0.947 bits per heavy atom. The van der Waals surface area contributed by atoms with E-state index in [1.54, 1.807) is 25.1 Å². The number of carbonyl (C=O) groups is 2. The van der Waals surface area contributed by atoms with Crippen molar-refractivity contribution < 1.29 is 78.9 Å². The van der Waals surface area contributed by atoms with Gasteiger partial charge in [0.25, 0.3) is 0 Å². The zero-order valence-corrected chi connectivity index (χ0v) is 15.0. The summed E-state index contributed by atoms with van der Waals surface area (Å²) in [6, 6.07) is 7.63. The molecule has 0 aromatic heterocycles. The fraction of sp³-hybridized carbons (Fsp3) is 0.0769. The van der Waals surface area contributed by atoms with Crippen molar-refractivity contribution >= 4 is 22.7 Å². The van der Waals surface area contributed by atoms with Gasteiger partial charge in [0.2, 0.25) is 0 Å². The Hall–Kier alpha value is -0.360. The minimum absolute atomic E-state index is 0. The van der Waals surface area contributed by atoms with E-state index in [1.807, 2.05) is 0 Å². The zero-order valence-electron chi connectivity index (χ0n) is 11.0. The minimum Gasteiger partial charge on any atom is -0.545 e. The molecule has 19 heavy (non-hydrogen) atoms. The number of fused-ring (bicyclic) bond motifs is 1. The van der Waals surface area contributed by atoms with E-state index in [0.29, 0.717) is 5.39 Å². The molecular formula is C13H8Na2O4. The molecular weight excluding hydrogens is 266 g/mol. The molecule has 0 N–H and O–H groups in total. The second-order valence-electron chi connectivity index (χ2n) is 3.79. The van der Waals surface area contributed by atoms with E-state index in [9.17, 15) is 19.8 Å². The summed E-state index contributed by atoms with van der Waals surface area (Å²) >= 11 is 0. The number of aryl methyl sites for hydroxylation is 1. The molecule has 0 aliphatic carbocycles. The topological polar surface area (TPSA) is 80.3 Å². The summed E-state index contributed by atoms with van der Waals surface area (Å²) in [5.74, 6) is -2.80. The number of carbonyl (C=O) groups excluding carboxylic acids is 2. The molecule has 0 heterocycles. The van der Waals surface area contributed by atoms with Gasteiger partial charge in [-0.2, -0.15) is 0 Å². The molecule has 0 aliphatic rings. The summed E-state index contributed by atoms with van der Waals surface area (Å²) < 4.78 is 0. The maximum atomic E-state index is 11.0.